The minimum atomic E-state index is -0.917. The van der Waals surface area contributed by atoms with Gasteiger partial charge in [-0.2, -0.15) is 0 Å². The summed E-state index contributed by atoms with van der Waals surface area (Å²) in [5.41, 5.74) is 1.92. The number of rotatable bonds is 3. The Morgan fingerprint density at radius 3 is 2.80 bits per heavy atom. The van der Waals surface area contributed by atoms with Crippen molar-refractivity contribution in [1.82, 2.24) is 9.55 Å². The first-order valence-electron chi connectivity index (χ1n) is 6.07. The largest absolute Gasteiger partial charge is 0.478 e. The normalized spacial score (nSPS) is 10.8. The summed E-state index contributed by atoms with van der Waals surface area (Å²) < 4.78 is 2.83. The van der Waals surface area contributed by atoms with E-state index in [1.165, 1.54) is 0 Å². The summed E-state index contributed by atoms with van der Waals surface area (Å²) in [6.07, 6.45) is 3.62. The van der Waals surface area contributed by atoms with Gasteiger partial charge in [-0.15, -0.1) is 0 Å². The predicted octanol–water partition coefficient (Wildman–Crippen LogP) is 3.55. The molecule has 100 valence electrons. The van der Waals surface area contributed by atoms with Gasteiger partial charge in [-0.05, 0) is 40.2 Å². The van der Waals surface area contributed by atoms with E-state index in [2.05, 4.69) is 20.9 Å². The lowest BCUT2D eigenvalue weighted by molar-refractivity contribution is 0.0698. The van der Waals surface area contributed by atoms with Crippen LogP contribution in [0.3, 0.4) is 0 Å². The van der Waals surface area contributed by atoms with E-state index >= 15 is 0 Å². The standard InChI is InChI=1S/C15H11BrN2O2/c16-11-4-5-12(17-8-11)9-18-7-6-10-2-1-3-13(14(10)18)15(19)20/h1-8H,9H2,(H,19,20). The van der Waals surface area contributed by atoms with Crippen molar-refractivity contribution in [3.05, 3.63) is 64.5 Å². The molecule has 0 unspecified atom stereocenters. The minimum Gasteiger partial charge on any atom is -0.478 e. The summed E-state index contributed by atoms with van der Waals surface area (Å²) in [4.78, 5) is 15.6. The second kappa shape index (κ2) is 5.09. The van der Waals surface area contributed by atoms with Crippen LogP contribution in [0, 0.1) is 0 Å². The van der Waals surface area contributed by atoms with Crippen LogP contribution in [0.2, 0.25) is 0 Å². The molecule has 2 aromatic heterocycles. The molecule has 2 heterocycles. The number of carbonyl (C=O) groups is 1. The van der Waals surface area contributed by atoms with Crippen LogP contribution < -0.4 is 0 Å². The summed E-state index contributed by atoms with van der Waals surface area (Å²) in [5, 5.41) is 10.2. The van der Waals surface area contributed by atoms with Crippen molar-refractivity contribution >= 4 is 32.8 Å². The lowest BCUT2D eigenvalue weighted by atomic mass is 10.1. The van der Waals surface area contributed by atoms with Crippen LogP contribution in [0.15, 0.2) is 53.3 Å². The van der Waals surface area contributed by atoms with Crippen LogP contribution in [-0.4, -0.2) is 20.6 Å². The van der Waals surface area contributed by atoms with Crippen LogP contribution in [-0.2, 0) is 6.54 Å². The van der Waals surface area contributed by atoms with E-state index < -0.39 is 5.97 Å². The number of hydrogen-bond donors (Lipinski definition) is 1. The van der Waals surface area contributed by atoms with Gasteiger partial charge in [0, 0.05) is 22.3 Å². The van der Waals surface area contributed by atoms with E-state index in [0.29, 0.717) is 12.1 Å². The van der Waals surface area contributed by atoms with E-state index in [1.807, 2.05) is 35.0 Å². The van der Waals surface area contributed by atoms with Gasteiger partial charge in [0.2, 0.25) is 0 Å². The number of para-hydroxylation sites is 1. The Kier molecular flexibility index (Phi) is 3.28. The number of benzene rings is 1. The maximum atomic E-state index is 11.3. The molecular formula is C15H11BrN2O2. The average molecular weight is 331 g/mol. The van der Waals surface area contributed by atoms with E-state index in [0.717, 1.165) is 21.1 Å². The quantitative estimate of drug-likeness (QED) is 0.799. The molecule has 0 spiro atoms. The Bertz CT molecular complexity index is 778. The fourth-order valence-electron chi connectivity index (χ4n) is 2.24. The number of pyridine rings is 1. The van der Waals surface area contributed by atoms with Gasteiger partial charge in [0.15, 0.2) is 0 Å². The smallest absolute Gasteiger partial charge is 0.337 e. The number of nitrogens with zero attached hydrogens (tertiary/aromatic N) is 2. The van der Waals surface area contributed by atoms with E-state index in [1.54, 1.807) is 18.3 Å². The van der Waals surface area contributed by atoms with Crippen molar-refractivity contribution < 1.29 is 9.90 Å². The highest BCUT2D eigenvalue weighted by atomic mass is 79.9. The van der Waals surface area contributed by atoms with Gasteiger partial charge in [0.1, 0.15) is 0 Å². The number of hydrogen-bond acceptors (Lipinski definition) is 2. The monoisotopic (exact) mass is 330 g/mol. The second-order valence-electron chi connectivity index (χ2n) is 4.46. The number of carboxylic acids is 1. The maximum absolute atomic E-state index is 11.3. The Labute approximate surface area is 123 Å². The van der Waals surface area contributed by atoms with E-state index in [-0.39, 0.29) is 0 Å². The molecule has 4 nitrogen and oxygen atoms in total. The molecule has 0 saturated carbocycles. The third-order valence-electron chi connectivity index (χ3n) is 3.14. The van der Waals surface area contributed by atoms with Gasteiger partial charge in [0.25, 0.3) is 0 Å². The third-order valence-corrected chi connectivity index (χ3v) is 3.61. The zero-order chi connectivity index (χ0) is 14.1. The number of fused-ring (bicyclic) bond motifs is 1. The van der Waals surface area contributed by atoms with Crippen molar-refractivity contribution in [1.29, 1.82) is 0 Å². The number of halogens is 1. The molecule has 1 aromatic carbocycles. The Morgan fingerprint density at radius 2 is 2.10 bits per heavy atom. The molecule has 0 fully saturated rings. The molecule has 0 aliphatic heterocycles. The SMILES string of the molecule is O=C(O)c1cccc2ccn(Cc3ccc(Br)cn3)c12. The number of carboxylic acid groups (broad SMARTS) is 1. The second-order valence-corrected chi connectivity index (χ2v) is 5.38. The minimum absolute atomic E-state index is 0.310. The van der Waals surface area contributed by atoms with Gasteiger partial charge in [-0.25, -0.2) is 4.79 Å². The highest BCUT2D eigenvalue weighted by Crippen LogP contribution is 2.21. The highest BCUT2D eigenvalue weighted by Gasteiger charge is 2.12. The van der Waals surface area contributed by atoms with E-state index in [4.69, 9.17) is 0 Å². The van der Waals surface area contributed by atoms with Crippen molar-refractivity contribution in [2.75, 3.05) is 0 Å². The van der Waals surface area contributed by atoms with E-state index in [9.17, 15) is 9.90 Å². The van der Waals surface area contributed by atoms with Crippen LogP contribution in [0.4, 0.5) is 0 Å². The van der Waals surface area contributed by atoms with Gasteiger partial charge >= 0.3 is 5.97 Å². The Hall–Kier alpha value is -2.14. The molecule has 3 aromatic rings. The molecular weight excluding hydrogens is 320 g/mol. The fourth-order valence-corrected chi connectivity index (χ4v) is 2.47. The zero-order valence-corrected chi connectivity index (χ0v) is 12.0. The average Bonchev–Trinajstić information content (AvgIpc) is 2.84. The van der Waals surface area contributed by atoms with Crippen molar-refractivity contribution in [2.24, 2.45) is 0 Å². The molecule has 0 radical (unpaired) electrons. The molecule has 0 aliphatic carbocycles. The van der Waals surface area contributed by atoms with Crippen molar-refractivity contribution in [3.8, 4) is 0 Å². The first-order valence-corrected chi connectivity index (χ1v) is 6.86. The summed E-state index contributed by atoms with van der Waals surface area (Å²) in [6.45, 7) is 0.543. The molecule has 3 rings (SSSR count). The van der Waals surface area contributed by atoms with Gasteiger partial charge in [0.05, 0.1) is 23.3 Å². The third kappa shape index (κ3) is 2.32. The lowest BCUT2D eigenvalue weighted by Gasteiger charge is -2.07. The van der Waals surface area contributed by atoms with Crippen LogP contribution in [0.5, 0.6) is 0 Å². The molecule has 0 saturated heterocycles. The fraction of sp³-hybridized carbons (Fsp3) is 0.0667. The van der Waals surface area contributed by atoms with Crippen molar-refractivity contribution in [3.63, 3.8) is 0 Å². The predicted molar refractivity (Wildman–Crippen MR) is 79.9 cm³/mol. The molecule has 5 heteroatoms. The lowest BCUT2D eigenvalue weighted by Crippen LogP contribution is -2.05. The molecule has 1 N–H and O–H groups in total. The molecule has 0 aliphatic rings. The molecule has 0 atom stereocenters. The number of aromatic nitrogens is 2. The van der Waals surface area contributed by atoms with Crippen molar-refractivity contribution in [2.45, 2.75) is 6.54 Å². The number of aromatic carboxylic acids is 1. The summed E-state index contributed by atoms with van der Waals surface area (Å²) in [5.74, 6) is -0.917. The molecule has 0 bridgehead atoms. The Morgan fingerprint density at radius 1 is 1.25 bits per heavy atom. The first-order chi connectivity index (χ1) is 9.65. The zero-order valence-electron chi connectivity index (χ0n) is 10.5. The molecule has 0 amide bonds. The molecule has 20 heavy (non-hydrogen) atoms. The van der Waals surface area contributed by atoms with Crippen LogP contribution in [0.1, 0.15) is 16.1 Å². The van der Waals surface area contributed by atoms with Gasteiger partial charge < -0.3 is 9.67 Å². The van der Waals surface area contributed by atoms with Gasteiger partial charge in [-0.1, -0.05) is 12.1 Å². The topological polar surface area (TPSA) is 55.1 Å². The summed E-state index contributed by atoms with van der Waals surface area (Å²) in [7, 11) is 0. The maximum Gasteiger partial charge on any atom is 0.337 e. The summed E-state index contributed by atoms with van der Waals surface area (Å²) in [6, 6.07) is 11.0. The first kappa shape index (κ1) is 12.9. The van der Waals surface area contributed by atoms with Crippen LogP contribution in [0.25, 0.3) is 10.9 Å². The van der Waals surface area contributed by atoms with Gasteiger partial charge in [-0.3, -0.25) is 4.98 Å². The Balaban J connectivity index is 2.07. The van der Waals surface area contributed by atoms with Crippen LogP contribution >= 0.6 is 15.9 Å². The highest BCUT2D eigenvalue weighted by molar-refractivity contribution is 9.10. The summed E-state index contributed by atoms with van der Waals surface area (Å²) >= 11 is 3.35.